The quantitative estimate of drug-likeness (QED) is 0.706. The summed E-state index contributed by atoms with van der Waals surface area (Å²) in [6.07, 6.45) is 0.712. The zero-order valence-electron chi connectivity index (χ0n) is 9.08. The minimum atomic E-state index is 0.0993. The van der Waals surface area contributed by atoms with Crippen molar-refractivity contribution in [2.45, 2.75) is 26.4 Å². The van der Waals surface area contributed by atoms with Crippen molar-refractivity contribution in [1.82, 2.24) is 10.2 Å². The highest BCUT2D eigenvalue weighted by atomic mass is 16.5. The van der Waals surface area contributed by atoms with Crippen molar-refractivity contribution in [3.05, 3.63) is 0 Å². The fraction of sp³-hybridized carbons (Fsp3) is 0.900. The third kappa shape index (κ3) is 3.64. The topological polar surface area (TPSA) is 41.6 Å². The Morgan fingerprint density at radius 1 is 1.57 bits per heavy atom. The van der Waals surface area contributed by atoms with Crippen LogP contribution in [-0.2, 0) is 9.53 Å². The maximum Gasteiger partial charge on any atom is 0.219 e. The van der Waals surface area contributed by atoms with E-state index in [4.69, 9.17) is 4.74 Å². The van der Waals surface area contributed by atoms with Crippen LogP contribution in [0.3, 0.4) is 0 Å². The van der Waals surface area contributed by atoms with E-state index in [0.717, 1.165) is 26.2 Å². The average Bonchev–Trinajstić information content (AvgIpc) is 2.26. The molecule has 4 heteroatoms. The van der Waals surface area contributed by atoms with E-state index in [1.165, 1.54) is 0 Å². The first kappa shape index (κ1) is 11.5. The van der Waals surface area contributed by atoms with E-state index in [2.05, 4.69) is 17.1 Å². The Morgan fingerprint density at radius 3 is 3.00 bits per heavy atom. The van der Waals surface area contributed by atoms with E-state index in [1.807, 2.05) is 6.92 Å². The lowest BCUT2D eigenvalue weighted by Gasteiger charge is -2.32. The Hall–Kier alpha value is -0.610. The predicted octanol–water partition coefficient (Wildman–Crippen LogP) is 0.233. The molecule has 0 unspecified atom stereocenters. The van der Waals surface area contributed by atoms with Crippen molar-refractivity contribution >= 4 is 5.91 Å². The molecular weight excluding hydrogens is 180 g/mol. The number of carbonyl (C=O) groups excluding carboxylic acids is 1. The molecule has 14 heavy (non-hydrogen) atoms. The van der Waals surface area contributed by atoms with Gasteiger partial charge in [-0.1, -0.05) is 13.8 Å². The molecule has 0 saturated carbocycles. The highest BCUT2D eigenvalue weighted by molar-refractivity contribution is 5.75. The Labute approximate surface area is 85.6 Å². The van der Waals surface area contributed by atoms with Crippen molar-refractivity contribution < 1.29 is 9.53 Å². The highest BCUT2D eigenvalue weighted by Crippen LogP contribution is 2.03. The monoisotopic (exact) mass is 200 g/mol. The van der Waals surface area contributed by atoms with Crippen LogP contribution in [0.5, 0.6) is 0 Å². The van der Waals surface area contributed by atoms with Gasteiger partial charge in [-0.3, -0.25) is 9.69 Å². The van der Waals surface area contributed by atoms with Crippen LogP contribution in [0.1, 0.15) is 20.3 Å². The van der Waals surface area contributed by atoms with Crippen LogP contribution in [0.2, 0.25) is 0 Å². The van der Waals surface area contributed by atoms with Crippen LogP contribution in [0, 0.1) is 0 Å². The van der Waals surface area contributed by atoms with Gasteiger partial charge in [0.2, 0.25) is 5.91 Å². The van der Waals surface area contributed by atoms with Gasteiger partial charge < -0.3 is 10.1 Å². The molecule has 0 radical (unpaired) electrons. The highest BCUT2D eigenvalue weighted by Gasteiger charge is 2.19. The number of hydrogen-bond acceptors (Lipinski definition) is 3. The normalized spacial score (nSPS) is 23.4. The smallest absolute Gasteiger partial charge is 0.219 e. The van der Waals surface area contributed by atoms with Crippen LogP contribution in [-0.4, -0.2) is 49.7 Å². The van der Waals surface area contributed by atoms with Crippen molar-refractivity contribution in [1.29, 1.82) is 0 Å². The molecule has 0 aromatic heterocycles. The van der Waals surface area contributed by atoms with Crippen LogP contribution in [0.4, 0.5) is 0 Å². The molecule has 1 saturated heterocycles. The zero-order valence-corrected chi connectivity index (χ0v) is 9.08. The number of hydrogen-bond donors (Lipinski definition) is 1. The summed E-state index contributed by atoms with van der Waals surface area (Å²) in [6, 6.07) is 0. The summed E-state index contributed by atoms with van der Waals surface area (Å²) in [5.74, 6) is 0.0993. The molecule has 1 heterocycles. The van der Waals surface area contributed by atoms with Gasteiger partial charge >= 0.3 is 0 Å². The third-order valence-corrected chi connectivity index (χ3v) is 2.52. The number of rotatable bonds is 4. The maximum absolute atomic E-state index is 11.0. The first-order valence-electron chi connectivity index (χ1n) is 5.37. The van der Waals surface area contributed by atoms with Gasteiger partial charge in [-0.25, -0.2) is 0 Å². The zero-order chi connectivity index (χ0) is 10.4. The molecule has 1 atom stereocenters. The summed E-state index contributed by atoms with van der Waals surface area (Å²) in [7, 11) is 0. The van der Waals surface area contributed by atoms with Crippen LogP contribution < -0.4 is 5.32 Å². The fourth-order valence-electron chi connectivity index (χ4n) is 1.54. The molecule has 1 N–H and O–H groups in total. The molecule has 1 amide bonds. The van der Waals surface area contributed by atoms with E-state index in [0.29, 0.717) is 13.0 Å². The molecule has 0 bridgehead atoms. The van der Waals surface area contributed by atoms with Gasteiger partial charge in [0.15, 0.2) is 0 Å². The van der Waals surface area contributed by atoms with Crippen LogP contribution in [0.25, 0.3) is 0 Å². The van der Waals surface area contributed by atoms with Gasteiger partial charge in [-0.2, -0.15) is 0 Å². The SMILES string of the molecule is CCC(=O)NC[C@H]1CN(CC)CCO1. The van der Waals surface area contributed by atoms with Crippen molar-refractivity contribution in [2.24, 2.45) is 0 Å². The summed E-state index contributed by atoms with van der Waals surface area (Å²) in [5.41, 5.74) is 0. The summed E-state index contributed by atoms with van der Waals surface area (Å²) in [5, 5.41) is 2.86. The van der Waals surface area contributed by atoms with E-state index < -0.39 is 0 Å². The molecule has 82 valence electrons. The Balaban J connectivity index is 2.20. The molecular formula is C10H20N2O2. The lowest BCUT2D eigenvalue weighted by Crippen LogP contribution is -2.47. The number of morpholine rings is 1. The summed E-state index contributed by atoms with van der Waals surface area (Å²) in [4.78, 5) is 13.4. The largest absolute Gasteiger partial charge is 0.374 e. The minimum absolute atomic E-state index is 0.0993. The first-order chi connectivity index (χ1) is 6.76. The number of likely N-dealkylation sites (N-methyl/N-ethyl adjacent to an activating group) is 1. The fourth-order valence-corrected chi connectivity index (χ4v) is 1.54. The second-order valence-corrected chi connectivity index (χ2v) is 3.54. The Bertz CT molecular complexity index is 185. The van der Waals surface area contributed by atoms with Crippen molar-refractivity contribution in [2.75, 3.05) is 32.8 Å². The molecule has 1 fully saturated rings. The van der Waals surface area contributed by atoms with Gasteiger partial charge in [-0.05, 0) is 6.54 Å². The van der Waals surface area contributed by atoms with Gasteiger partial charge in [0.05, 0.1) is 12.7 Å². The lowest BCUT2D eigenvalue weighted by atomic mass is 10.2. The van der Waals surface area contributed by atoms with Crippen molar-refractivity contribution in [3.63, 3.8) is 0 Å². The minimum Gasteiger partial charge on any atom is -0.374 e. The molecule has 0 aliphatic carbocycles. The maximum atomic E-state index is 11.0. The number of nitrogens with zero attached hydrogens (tertiary/aromatic N) is 1. The van der Waals surface area contributed by atoms with E-state index in [1.54, 1.807) is 0 Å². The molecule has 1 rings (SSSR count). The van der Waals surface area contributed by atoms with Crippen LogP contribution in [0.15, 0.2) is 0 Å². The van der Waals surface area contributed by atoms with Crippen molar-refractivity contribution in [3.8, 4) is 0 Å². The molecule has 1 aliphatic heterocycles. The van der Waals surface area contributed by atoms with E-state index in [-0.39, 0.29) is 12.0 Å². The molecule has 1 aliphatic rings. The van der Waals surface area contributed by atoms with Gasteiger partial charge in [0, 0.05) is 26.1 Å². The summed E-state index contributed by atoms with van der Waals surface area (Å²) in [6.45, 7) is 8.42. The van der Waals surface area contributed by atoms with Crippen LogP contribution >= 0.6 is 0 Å². The predicted molar refractivity (Wildman–Crippen MR) is 55.2 cm³/mol. The molecule has 0 aromatic carbocycles. The number of amides is 1. The Morgan fingerprint density at radius 2 is 2.36 bits per heavy atom. The second kappa shape index (κ2) is 5.98. The number of carbonyl (C=O) groups is 1. The first-order valence-corrected chi connectivity index (χ1v) is 5.37. The second-order valence-electron chi connectivity index (χ2n) is 3.54. The molecule has 0 spiro atoms. The lowest BCUT2D eigenvalue weighted by molar-refractivity contribution is -0.122. The van der Waals surface area contributed by atoms with E-state index in [9.17, 15) is 4.79 Å². The summed E-state index contributed by atoms with van der Waals surface area (Å²) >= 11 is 0. The van der Waals surface area contributed by atoms with Gasteiger partial charge in [0.25, 0.3) is 0 Å². The van der Waals surface area contributed by atoms with Gasteiger partial charge in [-0.15, -0.1) is 0 Å². The standard InChI is InChI=1S/C10H20N2O2/c1-3-10(13)11-7-9-8-12(4-2)5-6-14-9/h9H,3-8H2,1-2H3,(H,11,13)/t9-/m0/s1. The molecule has 4 nitrogen and oxygen atoms in total. The third-order valence-electron chi connectivity index (χ3n) is 2.52. The Kier molecular flexibility index (Phi) is 4.90. The van der Waals surface area contributed by atoms with Gasteiger partial charge in [0.1, 0.15) is 0 Å². The number of nitrogens with one attached hydrogen (secondary N) is 1. The number of ether oxygens (including phenoxy) is 1. The average molecular weight is 200 g/mol. The van der Waals surface area contributed by atoms with E-state index >= 15 is 0 Å². The molecule has 0 aromatic rings. The summed E-state index contributed by atoms with van der Waals surface area (Å²) < 4.78 is 5.55.